The van der Waals surface area contributed by atoms with Crippen molar-refractivity contribution in [2.24, 2.45) is 0 Å². The molecule has 0 unspecified atom stereocenters. The first-order valence-corrected chi connectivity index (χ1v) is 6.57. The van der Waals surface area contributed by atoms with Crippen molar-refractivity contribution >= 4 is 23.9 Å². The molecule has 2 aromatic rings. The quantitative estimate of drug-likeness (QED) is 0.544. The Morgan fingerprint density at radius 3 is 1.38 bits per heavy atom. The van der Waals surface area contributed by atoms with Crippen molar-refractivity contribution in [2.75, 3.05) is 0 Å². The number of halogens is 2. The highest BCUT2D eigenvalue weighted by Gasteiger charge is 2.36. The number of ether oxygens (including phenoxy) is 2. The van der Waals surface area contributed by atoms with E-state index in [0.717, 1.165) is 24.3 Å². The Morgan fingerprint density at radius 1 is 0.583 bits per heavy atom. The second-order valence-electron chi connectivity index (χ2n) is 5.12. The second-order valence-corrected chi connectivity index (χ2v) is 5.12. The van der Waals surface area contributed by atoms with Gasteiger partial charge in [0.2, 0.25) is 0 Å². The minimum Gasteiger partial charge on any atom is -0.386 e. The van der Waals surface area contributed by atoms with E-state index >= 15 is 0 Å². The number of carbonyl (C=O) groups excluding carboxylic acids is 4. The Labute approximate surface area is 131 Å². The molecule has 2 aromatic carbocycles. The molecule has 0 saturated heterocycles. The summed E-state index contributed by atoms with van der Waals surface area (Å²) in [5.41, 5.74) is -2.85. The molecule has 24 heavy (non-hydrogen) atoms. The molecule has 0 amide bonds. The molecule has 0 aromatic heterocycles. The molecule has 0 aliphatic carbocycles. The van der Waals surface area contributed by atoms with Crippen molar-refractivity contribution in [1.29, 1.82) is 0 Å². The first-order chi connectivity index (χ1) is 11.4. The van der Waals surface area contributed by atoms with Gasteiger partial charge in [0.05, 0.1) is 11.1 Å². The summed E-state index contributed by atoms with van der Waals surface area (Å²) in [5, 5.41) is 0. The van der Waals surface area contributed by atoms with Gasteiger partial charge in [0.25, 0.3) is 0 Å². The number of cyclic esters (lactones) is 2. The van der Waals surface area contributed by atoms with Crippen molar-refractivity contribution in [2.45, 2.75) is 0 Å². The highest BCUT2D eigenvalue weighted by molar-refractivity contribution is 6.16. The number of hydrogen-bond donors (Lipinski definition) is 0. The van der Waals surface area contributed by atoms with Crippen LogP contribution in [-0.2, 0) is 9.47 Å². The number of fused-ring (bicyclic) bond motifs is 5. The minimum absolute atomic E-state index is 0.0340. The van der Waals surface area contributed by atoms with E-state index in [4.69, 9.17) is 0 Å². The Kier molecular flexibility index (Phi) is 2.69. The number of esters is 4. The Bertz CT molecular complexity index is 929. The van der Waals surface area contributed by atoms with Crippen molar-refractivity contribution < 1.29 is 37.4 Å². The van der Waals surface area contributed by atoms with Gasteiger partial charge in [-0.05, 0) is 35.4 Å². The lowest BCUT2D eigenvalue weighted by molar-refractivity contribution is 0.0328. The molecule has 4 rings (SSSR count). The molecule has 8 heteroatoms. The zero-order valence-electron chi connectivity index (χ0n) is 11.5. The second kappa shape index (κ2) is 4.54. The molecule has 6 nitrogen and oxygen atoms in total. The van der Waals surface area contributed by atoms with Crippen LogP contribution in [0.15, 0.2) is 24.3 Å². The van der Waals surface area contributed by atoms with Crippen LogP contribution in [0.25, 0.3) is 11.1 Å². The summed E-state index contributed by atoms with van der Waals surface area (Å²) in [7, 11) is 0. The molecule has 0 fully saturated rings. The third-order valence-corrected chi connectivity index (χ3v) is 3.73. The van der Waals surface area contributed by atoms with E-state index in [9.17, 15) is 28.0 Å². The van der Waals surface area contributed by atoms with Crippen LogP contribution in [0.1, 0.15) is 41.4 Å². The van der Waals surface area contributed by atoms with Gasteiger partial charge in [-0.3, -0.25) is 0 Å². The van der Waals surface area contributed by atoms with Crippen molar-refractivity contribution in [1.82, 2.24) is 0 Å². The van der Waals surface area contributed by atoms with Crippen molar-refractivity contribution in [3.05, 3.63) is 58.2 Å². The Morgan fingerprint density at radius 2 is 0.958 bits per heavy atom. The maximum Gasteiger partial charge on any atom is 0.349 e. The number of carbonyl (C=O) groups is 4. The van der Waals surface area contributed by atoms with Gasteiger partial charge in [-0.15, -0.1) is 0 Å². The summed E-state index contributed by atoms with van der Waals surface area (Å²) < 4.78 is 37.6. The molecular formula is C16H4F2O6. The standard InChI is InChI=1S/C16H4F2O6/c17-9-3-5-1-7-11(9)15(21)24-16(22)12-8(14(20)23-13(7)19)2-6(5)4-10(12)18/h1-4H. The predicted molar refractivity (Wildman–Crippen MR) is 71.3 cm³/mol. The molecule has 0 saturated carbocycles. The number of rotatable bonds is 0. The SMILES string of the molecule is O=C1OC(=O)c2cc3cc(F)c2C(=O)OC(=O)c2c(F)cc-3cc21. The molecule has 2 heterocycles. The van der Waals surface area contributed by atoms with Gasteiger partial charge in [0, 0.05) is 0 Å². The van der Waals surface area contributed by atoms with Crippen LogP contribution < -0.4 is 0 Å². The van der Waals surface area contributed by atoms with Crippen molar-refractivity contribution in [3.8, 4) is 11.1 Å². The summed E-state index contributed by atoms with van der Waals surface area (Å²) >= 11 is 0. The van der Waals surface area contributed by atoms with Gasteiger partial charge in [0.1, 0.15) is 22.8 Å². The van der Waals surface area contributed by atoms with E-state index in [2.05, 4.69) is 9.47 Å². The highest BCUT2D eigenvalue weighted by Crippen LogP contribution is 2.33. The third-order valence-electron chi connectivity index (χ3n) is 3.73. The summed E-state index contributed by atoms with van der Waals surface area (Å²) in [5.74, 6) is -7.93. The van der Waals surface area contributed by atoms with Gasteiger partial charge in [-0.1, -0.05) is 0 Å². The topological polar surface area (TPSA) is 86.7 Å². The minimum atomic E-state index is -1.49. The predicted octanol–water partition coefficient (Wildman–Crippen LogP) is 2.25. The fourth-order valence-corrected chi connectivity index (χ4v) is 2.66. The van der Waals surface area contributed by atoms with Crippen LogP contribution in [-0.4, -0.2) is 23.9 Å². The van der Waals surface area contributed by atoms with Crippen LogP contribution in [0, 0.1) is 11.6 Å². The molecule has 118 valence electrons. The van der Waals surface area contributed by atoms with E-state index < -0.39 is 57.8 Å². The molecule has 0 spiro atoms. The van der Waals surface area contributed by atoms with E-state index in [1.807, 2.05) is 0 Å². The van der Waals surface area contributed by atoms with Gasteiger partial charge in [-0.25, -0.2) is 28.0 Å². The molecule has 0 radical (unpaired) electrons. The fourth-order valence-electron chi connectivity index (χ4n) is 2.66. The van der Waals surface area contributed by atoms with E-state index in [-0.39, 0.29) is 11.1 Å². The monoisotopic (exact) mass is 330 g/mol. The Hall–Kier alpha value is -3.42. The van der Waals surface area contributed by atoms with E-state index in [1.165, 1.54) is 0 Å². The number of benzene rings is 2. The van der Waals surface area contributed by atoms with Crippen LogP contribution in [0.4, 0.5) is 8.78 Å². The van der Waals surface area contributed by atoms with Crippen LogP contribution in [0.3, 0.4) is 0 Å². The van der Waals surface area contributed by atoms with Crippen LogP contribution in [0.2, 0.25) is 0 Å². The molecular weight excluding hydrogens is 326 g/mol. The summed E-state index contributed by atoms with van der Waals surface area (Å²) in [4.78, 5) is 48.3. The van der Waals surface area contributed by atoms with Crippen LogP contribution in [0.5, 0.6) is 0 Å². The summed E-state index contributed by atoms with van der Waals surface area (Å²) in [6.07, 6.45) is 0. The Balaban J connectivity index is 2.25. The van der Waals surface area contributed by atoms with Crippen LogP contribution >= 0.6 is 0 Å². The lowest BCUT2D eigenvalue weighted by atomic mass is 9.96. The molecule has 0 atom stereocenters. The lowest BCUT2D eigenvalue weighted by Gasteiger charge is -2.12. The molecule has 2 aliphatic heterocycles. The first-order valence-electron chi connectivity index (χ1n) is 6.57. The molecule has 0 N–H and O–H groups in total. The summed E-state index contributed by atoms with van der Waals surface area (Å²) in [6, 6.07) is 3.87. The van der Waals surface area contributed by atoms with Gasteiger partial charge < -0.3 is 9.47 Å². The fraction of sp³-hybridized carbons (Fsp3) is 0. The van der Waals surface area contributed by atoms with E-state index in [0.29, 0.717) is 0 Å². The highest BCUT2D eigenvalue weighted by atomic mass is 19.1. The smallest absolute Gasteiger partial charge is 0.349 e. The zero-order chi connectivity index (χ0) is 17.2. The molecule has 4 bridgehead atoms. The third kappa shape index (κ3) is 1.79. The maximum atomic E-state index is 14.3. The normalized spacial score (nSPS) is 15.2. The first kappa shape index (κ1) is 14.2. The van der Waals surface area contributed by atoms with Gasteiger partial charge in [-0.2, -0.15) is 0 Å². The molecule has 2 aliphatic rings. The largest absolute Gasteiger partial charge is 0.386 e. The average molecular weight is 330 g/mol. The maximum absolute atomic E-state index is 14.3. The zero-order valence-corrected chi connectivity index (χ0v) is 11.5. The van der Waals surface area contributed by atoms with E-state index in [1.54, 1.807) is 0 Å². The van der Waals surface area contributed by atoms with Crippen molar-refractivity contribution in [3.63, 3.8) is 0 Å². The average Bonchev–Trinajstić information content (AvgIpc) is 2.53. The van der Waals surface area contributed by atoms with Gasteiger partial charge in [0.15, 0.2) is 0 Å². The summed E-state index contributed by atoms with van der Waals surface area (Å²) in [6.45, 7) is 0. The van der Waals surface area contributed by atoms with Gasteiger partial charge >= 0.3 is 23.9 Å². The number of hydrogen-bond acceptors (Lipinski definition) is 6. The lowest BCUT2D eigenvalue weighted by Crippen LogP contribution is -2.25.